The number of aromatic nitrogens is 4. The lowest BCUT2D eigenvalue weighted by molar-refractivity contribution is 0.194. The molecule has 0 aliphatic rings. The van der Waals surface area contributed by atoms with Gasteiger partial charge in [-0.2, -0.15) is 10.2 Å². The second kappa shape index (κ2) is 6.60. The van der Waals surface area contributed by atoms with Crippen molar-refractivity contribution in [3.05, 3.63) is 34.4 Å². The summed E-state index contributed by atoms with van der Waals surface area (Å²) in [6.45, 7) is 6.10. The highest BCUT2D eigenvalue weighted by molar-refractivity contribution is 6.31. The molecule has 1 N–H and O–H groups in total. The molecule has 7 heteroatoms. The topological polar surface area (TPSA) is 59.1 Å². The van der Waals surface area contributed by atoms with Crippen molar-refractivity contribution in [1.82, 2.24) is 24.5 Å². The molecule has 0 aliphatic carbocycles. The van der Waals surface area contributed by atoms with Crippen LogP contribution in [0.3, 0.4) is 0 Å². The Labute approximate surface area is 129 Å². The third kappa shape index (κ3) is 3.45. The average Bonchev–Trinajstić information content (AvgIpc) is 2.98. The molecule has 0 aliphatic heterocycles. The fourth-order valence-electron chi connectivity index (χ4n) is 2.30. The number of halogens is 1. The van der Waals surface area contributed by atoms with Crippen molar-refractivity contribution in [2.45, 2.75) is 33.0 Å². The molecule has 0 amide bonds. The van der Waals surface area contributed by atoms with Crippen molar-refractivity contribution in [3.8, 4) is 0 Å². The Balaban J connectivity index is 2.33. The summed E-state index contributed by atoms with van der Waals surface area (Å²) in [6.07, 6.45) is 0.748. The van der Waals surface area contributed by atoms with E-state index in [1.54, 1.807) is 15.6 Å². The summed E-state index contributed by atoms with van der Waals surface area (Å²) in [4.78, 5) is 2.06. The molecule has 0 saturated carbocycles. The Morgan fingerprint density at radius 3 is 2.71 bits per heavy atom. The van der Waals surface area contributed by atoms with Gasteiger partial charge in [-0.25, -0.2) is 0 Å². The minimum atomic E-state index is -0.830. The van der Waals surface area contributed by atoms with Crippen LogP contribution >= 0.6 is 11.6 Å². The molecule has 21 heavy (non-hydrogen) atoms. The number of aliphatic hydroxyl groups excluding tert-OH is 1. The lowest BCUT2D eigenvalue weighted by Gasteiger charge is -2.16. The van der Waals surface area contributed by atoms with Crippen molar-refractivity contribution in [2.24, 2.45) is 0 Å². The predicted octanol–water partition coefficient (Wildman–Crippen LogP) is 1.70. The van der Waals surface area contributed by atoms with Crippen molar-refractivity contribution < 1.29 is 5.11 Å². The smallest absolute Gasteiger partial charge is 0.139 e. The maximum Gasteiger partial charge on any atom is 0.139 e. The first-order chi connectivity index (χ1) is 9.93. The molecule has 0 aromatic carbocycles. The summed E-state index contributed by atoms with van der Waals surface area (Å²) >= 11 is 6.22. The van der Waals surface area contributed by atoms with Gasteiger partial charge in [-0.1, -0.05) is 11.6 Å². The zero-order valence-electron chi connectivity index (χ0n) is 12.9. The van der Waals surface area contributed by atoms with Crippen molar-refractivity contribution in [1.29, 1.82) is 0 Å². The van der Waals surface area contributed by atoms with Gasteiger partial charge in [-0.05, 0) is 34.0 Å². The molecule has 0 saturated heterocycles. The minimum Gasteiger partial charge on any atom is -0.380 e. The van der Waals surface area contributed by atoms with Gasteiger partial charge in [0.05, 0.1) is 34.8 Å². The second-order valence-corrected chi connectivity index (χ2v) is 5.74. The molecule has 0 radical (unpaired) electrons. The minimum absolute atomic E-state index is 0.475. The van der Waals surface area contributed by atoms with E-state index >= 15 is 0 Å². The molecule has 2 heterocycles. The van der Waals surface area contributed by atoms with E-state index in [0.717, 1.165) is 17.9 Å². The van der Waals surface area contributed by atoms with Gasteiger partial charge in [0, 0.05) is 13.1 Å². The number of likely N-dealkylation sites (N-methyl/N-ethyl adjacent to an activating group) is 1. The van der Waals surface area contributed by atoms with Gasteiger partial charge >= 0.3 is 0 Å². The van der Waals surface area contributed by atoms with Crippen LogP contribution in [0.5, 0.6) is 0 Å². The Kier molecular flexibility index (Phi) is 5.03. The molecule has 0 bridgehead atoms. The zero-order chi connectivity index (χ0) is 15.6. The van der Waals surface area contributed by atoms with Crippen LogP contribution in [-0.4, -0.2) is 50.2 Å². The third-order valence-corrected chi connectivity index (χ3v) is 3.66. The number of nitrogens with zero attached hydrogens (tertiary/aromatic N) is 5. The summed E-state index contributed by atoms with van der Waals surface area (Å²) in [5.74, 6) is 0. The molecule has 1 atom stereocenters. The molecular weight excluding hydrogens is 290 g/mol. The summed E-state index contributed by atoms with van der Waals surface area (Å²) in [6, 6.07) is 1.88. The van der Waals surface area contributed by atoms with Crippen LogP contribution in [0.4, 0.5) is 0 Å². The van der Waals surface area contributed by atoms with Crippen LogP contribution in [0.1, 0.15) is 30.1 Å². The molecule has 1 unspecified atom stereocenters. The monoisotopic (exact) mass is 311 g/mol. The van der Waals surface area contributed by atoms with E-state index < -0.39 is 6.10 Å². The van der Waals surface area contributed by atoms with E-state index in [4.69, 9.17) is 11.6 Å². The molecule has 2 rings (SSSR count). The van der Waals surface area contributed by atoms with E-state index in [1.165, 1.54) is 0 Å². The van der Waals surface area contributed by atoms with Gasteiger partial charge < -0.3 is 10.0 Å². The van der Waals surface area contributed by atoms with Gasteiger partial charge in [0.2, 0.25) is 0 Å². The Bertz CT molecular complexity index is 605. The normalized spacial score (nSPS) is 13.1. The van der Waals surface area contributed by atoms with Gasteiger partial charge in [0.15, 0.2) is 0 Å². The standard InChI is InChI=1S/C14H22ClN5O/c1-5-19-12(8-10(2)17-19)14(21)13-11(15)9-16-20(13)7-6-18(3)4/h8-9,14,21H,5-7H2,1-4H3. The van der Waals surface area contributed by atoms with Crippen LogP contribution in [0.2, 0.25) is 5.02 Å². The molecule has 6 nitrogen and oxygen atoms in total. The van der Waals surface area contributed by atoms with E-state index in [0.29, 0.717) is 23.8 Å². The molecule has 2 aromatic heterocycles. The van der Waals surface area contributed by atoms with Crippen LogP contribution in [0, 0.1) is 6.92 Å². The summed E-state index contributed by atoms with van der Waals surface area (Å²) in [5, 5.41) is 19.8. The van der Waals surface area contributed by atoms with Gasteiger partial charge in [-0.3, -0.25) is 9.36 Å². The maximum absolute atomic E-state index is 10.7. The first-order valence-corrected chi connectivity index (χ1v) is 7.40. The number of aryl methyl sites for hydroxylation is 2. The first kappa shape index (κ1) is 16.0. The SMILES string of the molecule is CCn1nc(C)cc1C(O)c1c(Cl)cnn1CCN(C)C. The highest BCUT2D eigenvalue weighted by Gasteiger charge is 2.23. The summed E-state index contributed by atoms with van der Waals surface area (Å²) in [5.41, 5.74) is 2.23. The molecule has 0 fully saturated rings. The predicted molar refractivity (Wildman–Crippen MR) is 82.5 cm³/mol. The highest BCUT2D eigenvalue weighted by atomic mass is 35.5. The van der Waals surface area contributed by atoms with E-state index in [2.05, 4.69) is 15.1 Å². The van der Waals surface area contributed by atoms with E-state index in [1.807, 2.05) is 34.0 Å². The number of hydrogen-bond donors (Lipinski definition) is 1. The number of aliphatic hydroxyl groups is 1. The Morgan fingerprint density at radius 1 is 1.38 bits per heavy atom. The quantitative estimate of drug-likeness (QED) is 0.882. The zero-order valence-corrected chi connectivity index (χ0v) is 13.7. The largest absolute Gasteiger partial charge is 0.380 e. The van der Waals surface area contributed by atoms with Crippen molar-refractivity contribution in [2.75, 3.05) is 20.6 Å². The van der Waals surface area contributed by atoms with Gasteiger partial charge in [0.25, 0.3) is 0 Å². The molecule has 2 aromatic rings. The maximum atomic E-state index is 10.7. The van der Waals surface area contributed by atoms with Crippen LogP contribution in [-0.2, 0) is 13.1 Å². The van der Waals surface area contributed by atoms with Crippen molar-refractivity contribution in [3.63, 3.8) is 0 Å². The van der Waals surface area contributed by atoms with Crippen LogP contribution in [0.25, 0.3) is 0 Å². The van der Waals surface area contributed by atoms with Crippen LogP contribution < -0.4 is 0 Å². The summed E-state index contributed by atoms with van der Waals surface area (Å²) < 4.78 is 3.55. The lowest BCUT2D eigenvalue weighted by atomic mass is 10.1. The highest BCUT2D eigenvalue weighted by Crippen LogP contribution is 2.28. The number of rotatable bonds is 6. The second-order valence-electron chi connectivity index (χ2n) is 5.33. The van der Waals surface area contributed by atoms with E-state index in [-0.39, 0.29) is 0 Å². The fourth-order valence-corrected chi connectivity index (χ4v) is 2.54. The Hall–Kier alpha value is -1.37. The lowest BCUT2D eigenvalue weighted by Crippen LogP contribution is -2.22. The van der Waals surface area contributed by atoms with Crippen molar-refractivity contribution >= 4 is 11.6 Å². The fraction of sp³-hybridized carbons (Fsp3) is 0.571. The molecule has 0 spiro atoms. The first-order valence-electron chi connectivity index (χ1n) is 7.02. The molecular formula is C14H22ClN5O. The summed E-state index contributed by atoms with van der Waals surface area (Å²) in [7, 11) is 3.99. The average molecular weight is 312 g/mol. The van der Waals surface area contributed by atoms with E-state index in [9.17, 15) is 5.11 Å². The van der Waals surface area contributed by atoms with Gasteiger partial charge in [-0.15, -0.1) is 0 Å². The van der Waals surface area contributed by atoms with Gasteiger partial charge in [0.1, 0.15) is 6.10 Å². The van der Waals surface area contributed by atoms with Crippen LogP contribution in [0.15, 0.2) is 12.3 Å². The Morgan fingerprint density at radius 2 is 2.10 bits per heavy atom. The number of hydrogen-bond acceptors (Lipinski definition) is 4. The third-order valence-electron chi connectivity index (χ3n) is 3.36. The molecule has 116 valence electrons.